The lowest BCUT2D eigenvalue weighted by Gasteiger charge is -2.45. The molecule has 2 atom stereocenters. The predicted molar refractivity (Wildman–Crippen MR) is 117 cm³/mol. The third kappa shape index (κ3) is 2.49. The summed E-state index contributed by atoms with van der Waals surface area (Å²) in [6.07, 6.45) is 0. The van der Waals surface area contributed by atoms with E-state index in [1.807, 2.05) is 48.5 Å². The first kappa shape index (κ1) is 18.2. The summed E-state index contributed by atoms with van der Waals surface area (Å²) in [6.45, 7) is 0.170. The van der Waals surface area contributed by atoms with Crippen LogP contribution in [0.2, 0.25) is 0 Å². The molecule has 1 N–H and O–H groups in total. The molecule has 3 aromatic carbocycles. The zero-order valence-electron chi connectivity index (χ0n) is 17.1. The minimum absolute atomic E-state index is 0.0650. The predicted octanol–water partition coefficient (Wildman–Crippen LogP) is 3.96. The molecule has 5 heteroatoms. The Balaban J connectivity index is 1.35. The molecule has 4 aliphatic rings. The number of nitrogens with one attached hydrogen (secondary N) is 1. The number of rotatable bonds is 4. The van der Waals surface area contributed by atoms with Gasteiger partial charge in [0, 0.05) is 17.5 Å². The number of nitrogens with zero attached hydrogens (tertiary/aromatic N) is 1. The zero-order valence-corrected chi connectivity index (χ0v) is 17.1. The van der Waals surface area contributed by atoms with Crippen molar-refractivity contribution in [1.82, 2.24) is 4.90 Å². The molecular formula is C26H22N2O3. The van der Waals surface area contributed by atoms with Crippen LogP contribution >= 0.6 is 0 Å². The highest BCUT2D eigenvalue weighted by atomic mass is 16.5. The molecule has 0 saturated carbocycles. The van der Waals surface area contributed by atoms with Gasteiger partial charge in [0.25, 0.3) is 0 Å². The van der Waals surface area contributed by atoms with Gasteiger partial charge in [-0.3, -0.25) is 14.5 Å². The number of ether oxygens (including phenoxy) is 1. The van der Waals surface area contributed by atoms with Crippen LogP contribution in [-0.4, -0.2) is 30.5 Å². The van der Waals surface area contributed by atoms with Crippen molar-refractivity contribution >= 4 is 17.5 Å². The van der Waals surface area contributed by atoms with E-state index in [0.29, 0.717) is 0 Å². The lowest BCUT2D eigenvalue weighted by Crippen LogP contribution is -2.41. The van der Waals surface area contributed by atoms with Crippen molar-refractivity contribution in [3.63, 3.8) is 0 Å². The maximum absolute atomic E-state index is 13.5. The number of carbonyl (C=O) groups is 2. The second-order valence-corrected chi connectivity index (χ2v) is 8.43. The van der Waals surface area contributed by atoms with Crippen molar-refractivity contribution in [2.45, 2.75) is 11.8 Å². The molecule has 31 heavy (non-hydrogen) atoms. The van der Waals surface area contributed by atoms with E-state index in [4.69, 9.17) is 4.74 Å². The summed E-state index contributed by atoms with van der Waals surface area (Å²) in [4.78, 5) is 28.5. The molecule has 2 unspecified atom stereocenters. The van der Waals surface area contributed by atoms with Crippen molar-refractivity contribution in [2.75, 3.05) is 19.1 Å². The Morgan fingerprint density at radius 3 is 1.61 bits per heavy atom. The fourth-order valence-corrected chi connectivity index (χ4v) is 5.77. The number of carbonyl (C=O) groups excluding carboxylic acids is 2. The Morgan fingerprint density at radius 1 is 0.742 bits per heavy atom. The number of amides is 2. The van der Waals surface area contributed by atoms with Crippen LogP contribution in [0.4, 0.5) is 5.69 Å². The summed E-state index contributed by atoms with van der Waals surface area (Å²) in [5.41, 5.74) is 5.61. The molecule has 2 amide bonds. The van der Waals surface area contributed by atoms with Crippen LogP contribution in [0.5, 0.6) is 5.75 Å². The molecule has 1 heterocycles. The highest BCUT2D eigenvalue weighted by Gasteiger charge is 2.61. The van der Waals surface area contributed by atoms with Crippen molar-refractivity contribution < 1.29 is 14.3 Å². The van der Waals surface area contributed by atoms with Crippen LogP contribution in [-0.2, 0) is 9.59 Å². The van der Waals surface area contributed by atoms with Crippen LogP contribution in [0.1, 0.15) is 34.1 Å². The molecular weight excluding hydrogens is 388 g/mol. The first-order chi connectivity index (χ1) is 15.2. The Morgan fingerprint density at radius 2 is 1.19 bits per heavy atom. The molecule has 0 radical (unpaired) electrons. The first-order valence-corrected chi connectivity index (χ1v) is 10.6. The lowest BCUT2D eigenvalue weighted by molar-refractivity contribution is -0.139. The van der Waals surface area contributed by atoms with Gasteiger partial charge in [-0.2, -0.15) is 0 Å². The van der Waals surface area contributed by atoms with Gasteiger partial charge in [0.05, 0.1) is 25.6 Å². The number of hydrogen-bond donors (Lipinski definition) is 1. The minimum atomic E-state index is -0.333. The molecule has 1 saturated heterocycles. The van der Waals surface area contributed by atoms with Crippen LogP contribution in [0.25, 0.3) is 0 Å². The van der Waals surface area contributed by atoms with Gasteiger partial charge in [-0.25, -0.2) is 0 Å². The van der Waals surface area contributed by atoms with Crippen molar-refractivity contribution in [2.24, 2.45) is 11.8 Å². The monoisotopic (exact) mass is 410 g/mol. The van der Waals surface area contributed by atoms with Crippen LogP contribution in [0.3, 0.4) is 0 Å². The molecule has 0 aromatic heterocycles. The van der Waals surface area contributed by atoms with Gasteiger partial charge in [-0.1, -0.05) is 48.5 Å². The average molecular weight is 410 g/mol. The molecule has 3 aliphatic carbocycles. The van der Waals surface area contributed by atoms with E-state index in [2.05, 4.69) is 29.6 Å². The van der Waals surface area contributed by atoms with Gasteiger partial charge in [0.2, 0.25) is 11.8 Å². The van der Waals surface area contributed by atoms with E-state index in [-0.39, 0.29) is 42.2 Å². The highest BCUT2D eigenvalue weighted by Crippen LogP contribution is 2.60. The molecule has 154 valence electrons. The number of benzene rings is 3. The van der Waals surface area contributed by atoms with E-state index in [1.54, 1.807) is 7.11 Å². The maximum Gasteiger partial charge on any atom is 0.235 e. The summed E-state index contributed by atoms with van der Waals surface area (Å²) >= 11 is 0. The largest absolute Gasteiger partial charge is 0.497 e. The van der Waals surface area contributed by atoms with E-state index in [9.17, 15) is 9.59 Å². The average Bonchev–Trinajstić information content (AvgIpc) is 3.08. The first-order valence-electron chi connectivity index (χ1n) is 10.6. The molecule has 3 aromatic rings. The number of anilines is 1. The van der Waals surface area contributed by atoms with Crippen molar-refractivity contribution in [1.29, 1.82) is 0 Å². The molecule has 2 bridgehead atoms. The van der Waals surface area contributed by atoms with Gasteiger partial charge in [0.15, 0.2) is 0 Å². The van der Waals surface area contributed by atoms with E-state index in [1.165, 1.54) is 27.2 Å². The second kappa shape index (κ2) is 6.71. The smallest absolute Gasteiger partial charge is 0.235 e. The summed E-state index contributed by atoms with van der Waals surface area (Å²) < 4.78 is 5.19. The summed E-state index contributed by atoms with van der Waals surface area (Å²) in [5, 5.41) is 3.23. The third-order valence-electron chi connectivity index (χ3n) is 7.07. The van der Waals surface area contributed by atoms with Crippen molar-refractivity contribution in [3.05, 3.63) is 95.1 Å². The van der Waals surface area contributed by atoms with Crippen LogP contribution in [0.15, 0.2) is 72.8 Å². The fraction of sp³-hybridized carbons (Fsp3) is 0.231. The Bertz CT molecular complexity index is 1090. The Kier molecular flexibility index (Phi) is 3.93. The zero-order chi connectivity index (χ0) is 21.1. The SMILES string of the molecule is COc1ccc(NCN2C(=O)C3C4c5ccccc5C(c5ccccc54)C3C2=O)cc1. The van der Waals surface area contributed by atoms with Gasteiger partial charge < -0.3 is 10.1 Å². The third-order valence-corrected chi connectivity index (χ3v) is 7.07. The second-order valence-electron chi connectivity index (χ2n) is 8.43. The quantitative estimate of drug-likeness (QED) is 0.662. The molecule has 1 aliphatic heterocycles. The normalized spacial score (nSPS) is 25.1. The number of likely N-dealkylation sites (tertiary alicyclic amines) is 1. The van der Waals surface area contributed by atoms with E-state index >= 15 is 0 Å². The van der Waals surface area contributed by atoms with E-state index < -0.39 is 0 Å². The highest BCUT2D eigenvalue weighted by molar-refractivity contribution is 6.07. The summed E-state index contributed by atoms with van der Waals surface area (Å²) in [5.74, 6) is -0.184. The maximum atomic E-state index is 13.5. The number of imide groups is 1. The molecule has 7 rings (SSSR count). The molecule has 0 spiro atoms. The number of methoxy groups -OCH3 is 1. The van der Waals surface area contributed by atoms with E-state index in [0.717, 1.165) is 11.4 Å². The standard InChI is InChI=1S/C26H22N2O3/c1-31-16-12-10-15(11-13-16)27-14-28-25(29)23-21-17-6-2-3-7-18(17)22(24(23)26(28)30)20-9-5-4-8-19(20)21/h2-13,21-24,27H,14H2,1H3. The van der Waals surface area contributed by atoms with Crippen molar-refractivity contribution in [3.8, 4) is 5.75 Å². The van der Waals surface area contributed by atoms with Gasteiger partial charge in [0.1, 0.15) is 5.75 Å². The Labute approximate surface area is 180 Å². The van der Waals surface area contributed by atoms with Gasteiger partial charge >= 0.3 is 0 Å². The number of hydrogen-bond acceptors (Lipinski definition) is 4. The summed E-state index contributed by atoms with van der Waals surface area (Å²) in [6, 6.07) is 24.1. The van der Waals surface area contributed by atoms with Crippen LogP contribution < -0.4 is 10.1 Å². The van der Waals surface area contributed by atoms with Crippen LogP contribution in [0, 0.1) is 11.8 Å². The Hall–Kier alpha value is -3.60. The summed E-state index contributed by atoms with van der Waals surface area (Å²) in [7, 11) is 1.62. The minimum Gasteiger partial charge on any atom is -0.497 e. The van der Waals surface area contributed by atoms with Gasteiger partial charge in [-0.05, 0) is 46.5 Å². The molecule has 5 nitrogen and oxygen atoms in total. The molecule has 1 fully saturated rings. The van der Waals surface area contributed by atoms with Gasteiger partial charge in [-0.15, -0.1) is 0 Å². The topological polar surface area (TPSA) is 58.6 Å². The lowest BCUT2D eigenvalue weighted by atomic mass is 9.55. The fourth-order valence-electron chi connectivity index (χ4n) is 5.77.